The molecule has 2 atom stereocenters. The largest absolute Gasteiger partial charge is 0.489 e. The predicted octanol–water partition coefficient (Wildman–Crippen LogP) is 3.43. The smallest absolute Gasteiger partial charge is 0.266 e. The van der Waals surface area contributed by atoms with Crippen LogP contribution in [0.4, 0.5) is 0 Å². The number of nitrogens with one attached hydrogen (secondary N) is 1. The number of nitrogens with zero attached hydrogens (tertiary/aromatic N) is 2. The third-order valence-electron chi connectivity index (χ3n) is 6.55. The summed E-state index contributed by atoms with van der Waals surface area (Å²) < 4.78 is 6.24. The number of aryl methyl sites for hydroxylation is 1. The van der Waals surface area contributed by atoms with Gasteiger partial charge >= 0.3 is 0 Å². The van der Waals surface area contributed by atoms with E-state index >= 15 is 0 Å². The molecule has 4 rings (SSSR count). The molecular formula is C27H32N4O4. The number of rotatable bonds is 8. The molecule has 1 fully saturated rings. The van der Waals surface area contributed by atoms with Crippen molar-refractivity contribution in [3.8, 4) is 5.75 Å². The summed E-state index contributed by atoms with van der Waals surface area (Å²) in [6.45, 7) is 6.46. The zero-order valence-electron chi connectivity index (χ0n) is 20.3. The Balaban J connectivity index is 1.62. The highest BCUT2D eigenvalue weighted by molar-refractivity contribution is 5.94. The van der Waals surface area contributed by atoms with Crippen LogP contribution in [0.2, 0.25) is 0 Å². The van der Waals surface area contributed by atoms with Crippen molar-refractivity contribution >= 4 is 22.7 Å². The molecule has 1 aliphatic heterocycles. The first kappa shape index (κ1) is 24.6. The minimum absolute atomic E-state index is 0.145. The number of para-hydroxylation sites is 2. The highest BCUT2D eigenvalue weighted by Gasteiger charge is 2.49. The molecule has 1 saturated heterocycles. The Bertz CT molecular complexity index is 1240. The quantitative estimate of drug-likeness (QED) is 0.339. The third-order valence-corrected chi connectivity index (χ3v) is 6.55. The molecule has 2 heterocycles. The number of carbonyl (C=O) groups excluding carboxylic acids is 2. The summed E-state index contributed by atoms with van der Waals surface area (Å²) >= 11 is 0. The van der Waals surface area contributed by atoms with Crippen molar-refractivity contribution in [1.29, 1.82) is 0 Å². The molecule has 0 spiro atoms. The number of fused-ring (bicyclic) bond motifs is 1. The molecule has 35 heavy (non-hydrogen) atoms. The van der Waals surface area contributed by atoms with Crippen molar-refractivity contribution in [2.75, 3.05) is 6.54 Å². The second-order valence-corrected chi connectivity index (χ2v) is 9.57. The number of pyridine rings is 1. The van der Waals surface area contributed by atoms with Gasteiger partial charge in [0.1, 0.15) is 23.9 Å². The van der Waals surface area contributed by atoms with Crippen molar-refractivity contribution in [2.45, 2.75) is 51.8 Å². The average Bonchev–Trinajstić information content (AvgIpc) is 3.15. The van der Waals surface area contributed by atoms with Crippen LogP contribution in [0.25, 0.3) is 10.9 Å². The second-order valence-electron chi connectivity index (χ2n) is 9.57. The zero-order valence-corrected chi connectivity index (χ0v) is 20.3. The molecule has 4 N–H and O–H groups in total. The number of likely N-dealkylation sites (tertiary alicyclic amines) is 1. The summed E-state index contributed by atoms with van der Waals surface area (Å²) in [4.78, 5) is 32.0. The van der Waals surface area contributed by atoms with Gasteiger partial charge in [-0.2, -0.15) is 0 Å². The van der Waals surface area contributed by atoms with Gasteiger partial charge in [0.05, 0.1) is 5.52 Å². The number of nitrogens with two attached hydrogens (primary N) is 1. The van der Waals surface area contributed by atoms with Crippen LogP contribution in [0.3, 0.4) is 0 Å². The predicted molar refractivity (Wildman–Crippen MR) is 133 cm³/mol. The van der Waals surface area contributed by atoms with E-state index in [0.29, 0.717) is 30.7 Å². The van der Waals surface area contributed by atoms with Gasteiger partial charge in [0, 0.05) is 28.8 Å². The highest BCUT2D eigenvalue weighted by atomic mass is 16.5. The minimum atomic E-state index is -1.34. The Morgan fingerprint density at radius 2 is 1.94 bits per heavy atom. The lowest BCUT2D eigenvalue weighted by Crippen LogP contribution is -2.52. The van der Waals surface area contributed by atoms with E-state index in [1.807, 2.05) is 69.3 Å². The molecule has 1 aliphatic rings. The lowest BCUT2D eigenvalue weighted by Gasteiger charge is -2.30. The van der Waals surface area contributed by atoms with E-state index < -0.39 is 17.5 Å². The lowest BCUT2D eigenvalue weighted by atomic mass is 9.88. The average molecular weight is 477 g/mol. The maximum Gasteiger partial charge on any atom is 0.266 e. The van der Waals surface area contributed by atoms with Gasteiger partial charge in [0.2, 0.25) is 5.91 Å². The van der Waals surface area contributed by atoms with E-state index in [4.69, 9.17) is 10.5 Å². The molecule has 2 aromatic carbocycles. The second kappa shape index (κ2) is 10.0. The molecule has 8 heteroatoms. The maximum absolute atomic E-state index is 13.6. The first-order valence-corrected chi connectivity index (χ1v) is 11.9. The van der Waals surface area contributed by atoms with Crippen molar-refractivity contribution < 1.29 is 19.5 Å². The summed E-state index contributed by atoms with van der Waals surface area (Å²) in [7, 11) is 0. The standard InChI is InChI=1S/C27H32N4O4/c1-17(2)14-23(25(32)30-34)31-13-12-27(28,26(31)33)21-9-5-7-11-24(21)35-16-19-15-18(3)29-22-10-6-4-8-20(19)22/h4-11,15,17,23,34H,12-14,16,28H2,1-3H3,(H,30,32)/t23-,27+/m0/s1. The third kappa shape index (κ3) is 4.85. The van der Waals surface area contributed by atoms with E-state index in [0.717, 1.165) is 22.2 Å². The first-order chi connectivity index (χ1) is 16.7. The topological polar surface area (TPSA) is 118 Å². The molecule has 1 aromatic heterocycles. The van der Waals surface area contributed by atoms with E-state index in [1.165, 1.54) is 4.90 Å². The van der Waals surface area contributed by atoms with Crippen LogP contribution in [0, 0.1) is 12.8 Å². The summed E-state index contributed by atoms with van der Waals surface area (Å²) in [6, 6.07) is 16.4. The van der Waals surface area contributed by atoms with Crippen molar-refractivity contribution in [3.63, 3.8) is 0 Å². The summed E-state index contributed by atoms with van der Waals surface area (Å²) in [6.07, 6.45) is 0.748. The van der Waals surface area contributed by atoms with Gasteiger partial charge in [0.25, 0.3) is 5.91 Å². The van der Waals surface area contributed by atoms with Crippen LogP contribution in [0.5, 0.6) is 5.75 Å². The number of benzene rings is 2. The fourth-order valence-corrected chi connectivity index (χ4v) is 4.84. The van der Waals surface area contributed by atoms with Crippen LogP contribution in [-0.2, 0) is 21.7 Å². The van der Waals surface area contributed by atoms with Crippen LogP contribution in [0.15, 0.2) is 54.6 Å². The van der Waals surface area contributed by atoms with Crippen LogP contribution < -0.4 is 16.0 Å². The van der Waals surface area contributed by atoms with Crippen molar-refractivity contribution in [2.24, 2.45) is 11.7 Å². The molecule has 0 unspecified atom stereocenters. The Labute approximate surface area is 205 Å². The monoisotopic (exact) mass is 476 g/mol. The normalized spacial score (nSPS) is 18.8. The Morgan fingerprint density at radius 3 is 2.69 bits per heavy atom. The number of amides is 2. The fourth-order valence-electron chi connectivity index (χ4n) is 4.84. The van der Waals surface area contributed by atoms with Crippen molar-refractivity contribution in [1.82, 2.24) is 15.4 Å². The molecule has 0 saturated carbocycles. The molecule has 3 aromatic rings. The number of hydrogen-bond acceptors (Lipinski definition) is 6. The van der Waals surface area contributed by atoms with Gasteiger partial charge in [-0.25, -0.2) is 5.48 Å². The summed E-state index contributed by atoms with van der Waals surface area (Å²) in [5, 5.41) is 10.2. The van der Waals surface area contributed by atoms with E-state index in [9.17, 15) is 14.8 Å². The Hall–Kier alpha value is -3.49. The maximum atomic E-state index is 13.6. The molecule has 184 valence electrons. The van der Waals surface area contributed by atoms with Gasteiger partial charge in [-0.05, 0) is 43.9 Å². The van der Waals surface area contributed by atoms with Gasteiger partial charge in [0.15, 0.2) is 0 Å². The van der Waals surface area contributed by atoms with Crippen molar-refractivity contribution in [3.05, 3.63) is 71.4 Å². The van der Waals surface area contributed by atoms with E-state index in [-0.39, 0.29) is 18.4 Å². The number of hydrogen-bond donors (Lipinski definition) is 3. The first-order valence-electron chi connectivity index (χ1n) is 11.9. The van der Waals surface area contributed by atoms with Crippen LogP contribution in [-0.4, -0.2) is 39.5 Å². The highest BCUT2D eigenvalue weighted by Crippen LogP contribution is 2.38. The van der Waals surface area contributed by atoms with Crippen LogP contribution >= 0.6 is 0 Å². The minimum Gasteiger partial charge on any atom is -0.489 e. The Morgan fingerprint density at radius 1 is 1.23 bits per heavy atom. The van der Waals surface area contributed by atoms with Gasteiger partial charge in [-0.15, -0.1) is 0 Å². The molecule has 0 radical (unpaired) electrons. The molecule has 8 nitrogen and oxygen atoms in total. The van der Waals surface area contributed by atoms with Gasteiger partial charge in [-0.3, -0.25) is 19.8 Å². The molecule has 2 amide bonds. The fraction of sp³-hybridized carbons (Fsp3) is 0.370. The summed E-state index contributed by atoms with van der Waals surface area (Å²) in [5.41, 5.74) is 10.5. The van der Waals surface area contributed by atoms with Gasteiger partial charge in [-0.1, -0.05) is 50.2 Å². The molecular weight excluding hydrogens is 444 g/mol. The van der Waals surface area contributed by atoms with E-state index in [2.05, 4.69) is 4.98 Å². The molecule has 0 aliphatic carbocycles. The van der Waals surface area contributed by atoms with Crippen LogP contribution in [0.1, 0.15) is 43.5 Å². The lowest BCUT2D eigenvalue weighted by molar-refractivity contribution is -0.144. The Kier molecular flexibility index (Phi) is 7.05. The zero-order chi connectivity index (χ0) is 25.2. The number of aromatic nitrogens is 1. The number of hydroxylamine groups is 1. The SMILES string of the molecule is Cc1cc(COc2ccccc2[C@]2(N)CCN([C@@H](CC(C)C)C(=O)NO)C2=O)c2ccccc2n1. The number of ether oxygens (including phenoxy) is 1. The van der Waals surface area contributed by atoms with Gasteiger partial charge < -0.3 is 15.4 Å². The number of carbonyl (C=O) groups is 2. The van der Waals surface area contributed by atoms with E-state index in [1.54, 1.807) is 11.5 Å². The summed E-state index contributed by atoms with van der Waals surface area (Å²) in [5.74, 6) is -0.295. The molecule has 0 bridgehead atoms.